The number of Topliss-reactive ketones (excluding diaryl/α,β-unsaturated/α-hetero) is 1. The van der Waals surface area contributed by atoms with Gasteiger partial charge >= 0.3 is 6.09 Å². The van der Waals surface area contributed by atoms with Gasteiger partial charge in [-0.05, 0) is 24.3 Å². The van der Waals surface area contributed by atoms with E-state index in [-0.39, 0.29) is 12.4 Å². The first kappa shape index (κ1) is 24.9. The largest absolute Gasteiger partial charge is 0.497 e. The molecule has 0 bridgehead atoms. The molecule has 5 rings (SSSR count). The van der Waals surface area contributed by atoms with E-state index >= 15 is 0 Å². The van der Waals surface area contributed by atoms with Crippen LogP contribution in [0.25, 0.3) is 0 Å². The Bertz CT molecular complexity index is 1360. The van der Waals surface area contributed by atoms with Crippen LogP contribution in [0.15, 0.2) is 48.5 Å². The molecule has 2 atom stereocenters. The molecule has 38 heavy (non-hydrogen) atoms. The van der Waals surface area contributed by atoms with Gasteiger partial charge in [0, 0.05) is 23.8 Å². The average molecular weight is 523 g/mol. The number of methoxy groups -OCH3 is 4. The lowest BCUT2D eigenvalue weighted by atomic mass is 9.93. The summed E-state index contributed by atoms with van der Waals surface area (Å²) in [4.78, 5) is 26.6. The van der Waals surface area contributed by atoms with Gasteiger partial charge in [-0.25, -0.2) is 4.79 Å². The number of amides is 1. The summed E-state index contributed by atoms with van der Waals surface area (Å²) in [6.45, 7) is 0.0837. The van der Waals surface area contributed by atoms with Crippen molar-refractivity contribution in [3.8, 4) is 40.2 Å². The van der Waals surface area contributed by atoms with Crippen LogP contribution in [0.2, 0.25) is 0 Å². The quantitative estimate of drug-likeness (QED) is 0.478. The number of ketones is 1. The van der Waals surface area contributed by atoms with Crippen molar-refractivity contribution in [2.75, 3.05) is 40.5 Å². The second-order valence-electron chi connectivity index (χ2n) is 8.24. The van der Waals surface area contributed by atoms with Gasteiger partial charge in [0.25, 0.3) is 0 Å². The maximum atomic E-state index is 13.6. The van der Waals surface area contributed by atoms with E-state index in [9.17, 15) is 9.59 Å². The van der Waals surface area contributed by atoms with Gasteiger partial charge in [0.1, 0.15) is 11.5 Å². The molecule has 2 aliphatic rings. The van der Waals surface area contributed by atoms with Crippen LogP contribution >= 0.6 is 0 Å². The Hall–Kier alpha value is -4.80. The second-order valence-corrected chi connectivity index (χ2v) is 8.24. The molecular weight excluding hydrogens is 498 g/mol. The van der Waals surface area contributed by atoms with Crippen molar-refractivity contribution in [2.45, 2.75) is 12.2 Å². The fourth-order valence-corrected chi connectivity index (χ4v) is 4.28. The summed E-state index contributed by atoms with van der Waals surface area (Å²) < 4.78 is 44.0. The molecule has 3 aromatic rings. The van der Waals surface area contributed by atoms with Gasteiger partial charge < -0.3 is 37.9 Å². The summed E-state index contributed by atoms with van der Waals surface area (Å²) in [5.74, 6) is 2.48. The maximum absolute atomic E-state index is 13.6. The first-order chi connectivity index (χ1) is 18.4. The average Bonchev–Trinajstić information content (AvgIpc) is 3.41. The topological polar surface area (TPSA) is 120 Å². The number of anilines is 1. The molecule has 0 fully saturated rings. The van der Waals surface area contributed by atoms with E-state index in [0.29, 0.717) is 51.5 Å². The maximum Gasteiger partial charge on any atom is 0.412 e. The Labute approximate surface area is 218 Å². The Kier molecular flexibility index (Phi) is 6.73. The van der Waals surface area contributed by atoms with Gasteiger partial charge in [0.15, 0.2) is 29.1 Å². The molecule has 0 unspecified atom stereocenters. The van der Waals surface area contributed by atoms with Crippen LogP contribution in [0.5, 0.6) is 40.2 Å². The molecule has 0 aromatic heterocycles. The van der Waals surface area contributed by atoms with Gasteiger partial charge in [-0.2, -0.15) is 0 Å². The molecule has 0 saturated carbocycles. The van der Waals surface area contributed by atoms with Gasteiger partial charge in [-0.15, -0.1) is 0 Å². The number of hydrogen-bond donors (Lipinski definition) is 1. The van der Waals surface area contributed by atoms with E-state index < -0.39 is 24.1 Å². The zero-order valence-corrected chi connectivity index (χ0v) is 21.1. The number of nitrogens with one attached hydrogen (secondary N) is 1. The number of carbonyl (C=O) groups excluding carboxylic acids is 2. The normalized spacial score (nSPS) is 17.1. The first-order valence-electron chi connectivity index (χ1n) is 11.5. The van der Waals surface area contributed by atoms with E-state index in [1.807, 2.05) is 0 Å². The number of ether oxygens (including phenoxy) is 8. The SMILES string of the molecule is COc1ccc2c(c1)O[C@@H](c1ccc3c(c1)OCO3)[C@H](OC(=O)Nc1cc(OC)c(OC)c(OC)c1)C2=O. The third kappa shape index (κ3) is 4.54. The molecule has 2 aliphatic heterocycles. The lowest BCUT2D eigenvalue weighted by Crippen LogP contribution is -2.40. The third-order valence-corrected chi connectivity index (χ3v) is 6.11. The van der Waals surface area contributed by atoms with Gasteiger partial charge in [0.2, 0.25) is 24.4 Å². The van der Waals surface area contributed by atoms with Gasteiger partial charge in [0.05, 0.1) is 39.7 Å². The van der Waals surface area contributed by atoms with E-state index in [2.05, 4.69) is 5.32 Å². The smallest absolute Gasteiger partial charge is 0.412 e. The van der Waals surface area contributed by atoms with Crippen molar-refractivity contribution >= 4 is 17.6 Å². The number of benzene rings is 3. The molecule has 3 aromatic carbocycles. The minimum Gasteiger partial charge on any atom is -0.497 e. The zero-order chi connectivity index (χ0) is 26.8. The first-order valence-corrected chi connectivity index (χ1v) is 11.5. The highest BCUT2D eigenvalue weighted by molar-refractivity contribution is 6.04. The Morgan fingerprint density at radius 2 is 1.58 bits per heavy atom. The highest BCUT2D eigenvalue weighted by atomic mass is 16.7. The molecule has 0 spiro atoms. The van der Waals surface area contributed by atoms with Crippen molar-refractivity contribution in [1.29, 1.82) is 0 Å². The molecular formula is C27H25NO10. The number of rotatable bonds is 7. The zero-order valence-electron chi connectivity index (χ0n) is 21.1. The minimum absolute atomic E-state index is 0.0837. The molecule has 1 N–H and O–H groups in total. The fourth-order valence-electron chi connectivity index (χ4n) is 4.28. The molecule has 198 valence electrons. The van der Waals surface area contributed by atoms with Gasteiger partial charge in [-0.1, -0.05) is 6.07 Å². The van der Waals surface area contributed by atoms with Crippen molar-refractivity contribution in [1.82, 2.24) is 0 Å². The summed E-state index contributed by atoms with van der Waals surface area (Å²) in [7, 11) is 5.90. The van der Waals surface area contributed by atoms with Crippen LogP contribution in [0.1, 0.15) is 22.0 Å². The minimum atomic E-state index is -1.31. The number of carbonyl (C=O) groups is 2. The van der Waals surface area contributed by atoms with Gasteiger partial charge in [-0.3, -0.25) is 10.1 Å². The molecule has 11 nitrogen and oxygen atoms in total. The Morgan fingerprint density at radius 1 is 0.842 bits per heavy atom. The van der Waals surface area contributed by atoms with Crippen molar-refractivity contribution < 1.29 is 47.5 Å². The summed E-state index contributed by atoms with van der Waals surface area (Å²) in [5, 5.41) is 2.62. The van der Waals surface area contributed by atoms with E-state index in [4.69, 9.17) is 37.9 Å². The van der Waals surface area contributed by atoms with Crippen molar-refractivity contribution in [3.63, 3.8) is 0 Å². The summed E-state index contributed by atoms with van der Waals surface area (Å²) >= 11 is 0. The van der Waals surface area contributed by atoms with E-state index in [1.54, 1.807) is 48.5 Å². The Balaban J connectivity index is 1.46. The number of fused-ring (bicyclic) bond motifs is 2. The van der Waals surface area contributed by atoms with Crippen LogP contribution in [0, 0.1) is 0 Å². The van der Waals surface area contributed by atoms with Crippen LogP contribution in [-0.4, -0.2) is 53.2 Å². The van der Waals surface area contributed by atoms with Crippen LogP contribution in [0.3, 0.4) is 0 Å². The number of hydrogen-bond acceptors (Lipinski definition) is 10. The summed E-state index contributed by atoms with van der Waals surface area (Å²) in [6, 6.07) is 13.0. The highest BCUT2D eigenvalue weighted by Crippen LogP contribution is 2.43. The molecule has 0 aliphatic carbocycles. The molecule has 0 radical (unpaired) electrons. The monoisotopic (exact) mass is 523 g/mol. The van der Waals surface area contributed by atoms with E-state index in [1.165, 1.54) is 28.4 Å². The summed E-state index contributed by atoms with van der Waals surface area (Å²) in [6.07, 6.45) is -3.16. The predicted octanol–water partition coefficient (Wildman–Crippen LogP) is 4.38. The van der Waals surface area contributed by atoms with E-state index in [0.717, 1.165) is 0 Å². The molecule has 2 heterocycles. The standard InChI is InChI=1S/C27H25NO10/c1-31-16-6-7-17-19(12-16)37-24(14-5-8-18-20(9-14)36-13-35-18)26(23(17)29)38-27(30)28-15-10-21(32-2)25(34-4)22(11-15)33-3/h5-12,24,26H,13H2,1-4H3,(H,28,30)/t24-,26+/m0/s1. The lowest BCUT2D eigenvalue weighted by molar-refractivity contribution is 0.0131. The Morgan fingerprint density at radius 3 is 2.26 bits per heavy atom. The second kappa shape index (κ2) is 10.3. The third-order valence-electron chi connectivity index (χ3n) is 6.11. The fraction of sp³-hybridized carbons (Fsp3) is 0.259. The molecule has 1 amide bonds. The van der Waals surface area contributed by atoms with Crippen LogP contribution in [-0.2, 0) is 4.74 Å². The molecule has 0 saturated heterocycles. The lowest BCUT2D eigenvalue weighted by Gasteiger charge is -2.32. The summed E-state index contributed by atoms with van der Waals surface area (Å²) in [5.41, 5.74) is 1.12. The van der Waals surface area contributed by atoms with Crippen molar-refractivity contribution in [3.05, 3.63) is 59.7 Å². The predicted molar refractivity (Wildman–Crippen MR) is 133 cm³/mol. The van der Waals surface area contributed by atoms with Crippen LogP contribution < -0.4 is 38.5 Å². The van der Waals surface area contributed by atoms with Crippen molar-refractivity contribution in [2.24, 2.45) is 0 Å². The highest BCUT2D eigenvalue weighted by Gasteiger charge is 2.42. The van der Waals surface area contributed by atoms with Crippen LogP contribution in [0.4, 0.5) is 10.5 Å². The molecule has 11 heteroatoms.